The summed E-state index contributed by atoms with van der Waals surface area (Å²) in [5.41, 5.74) is 1.88. The summed E-state index contributed by atoms with van der Waals surface area (Å²) in [6.07, 6.45) is 1.93. The zero-order valence-electron chi connectivity index (χ0n) is 12.7. The standard InChI is InChI=1S/C16H21N3O2S/c1-2-3-9-19(10-11-20)16(21)17-15-12-14(18-22-15)13-7-5-4-6-8-13/h4-8,12,20H,2-3,9-11H2,1H3,(H,17,21). The van der Waals surface area contributed by atoms with Gasteiger partial charge in [0.1, 0.15) is 5.00 Å². The number of urea groups is 1. The van der Waals surface area contributed by atoms with E-state index in [-0.39, 0.29) is 12.6 Å². The van der Waals surface area contributed by atoms with Crippen LogP contribution in [0.2, 0.25) is 0 Å². The molecule has 118 valence electrons. The van der Waals surface area contributed by atoms with Crippen molar-refractivity contribution in [2.45, 2.75) is 19.8 Å². The summed E-state index contributed by atoms with van der Waals surface area (Å²) >= 11 is 1.26. The van der Waals surface area contributed by atoms with Gasteiger partial charge in [0.2, 0.25) is 0 Å². The van der Waals surface area contributed by atoms with Crippen LogP contribution in [0.15, 0.2) is 36.4 Å². The second-order valence-corrected chi connectivity index (χ2v) is 5.74. The first-order valence-electron chi connectivity index (χ1n) is 7.43. The third-order valence-electron chi connectivity index (χ3n) is 3.25. The Bertz CT molecular complexity index is 586. The van der Waals surface area contributed by atoms with Crippen LogP contribution in [0, 0.1) is 0 Å². The van der Waals surface area contributed by atoms with Crippen LogP contribution in [0.3, 0.4) is 0 Å². The van der Waals surface area contributed by atoms with Crippen LogP contribution in [0.1, 0.15) is 19.8 Å². The zero-order valence-corrected chi connectivity index (χ0v) is 13.5. The van der Waals surface area contributed by atoms with Crippen molar-refractivity contribution in [3.05, 3.63) is 36.4 Å². The van der Waals surface area contributed by atoms with Crippen molar-refractivity contribution in [3.63, 3.8) is 0 Å². The van der Waals surface area contributed by atoms with Gasteiger partial charge in [-0.1, -0.05) is 43.7 Å². The fourth-order valence-electron chi connectivity index (χ4n) is 2.05. The van der Waals surface area contributed by atoms with E-state index in [0.717, 1.165) is 24.1 Å². The lowest BCUT2D eigenvalue weighted by atomic mass is 10.2. The Hall–Kier alpha value is -1.92. The van der Waals surface area contributed by atoms with E-state index in [0.29, 0.717) is 18.1 Å². The van der Waals surface area contributed by atoms with Crippen LogP contribution in [-0.2, 0) is 0 Å². The number of nitrogens with one attached hydrogen (secondary N) is 1. The SMILES string of the molecule is CCCCN(CCO)C(=O)Nc1cc(-c2ccccc2)ns1. The lowest BCUT2D eigenvalue weighted by Crippen LogP contribution is -2.37. The van der Waals surface area contributed by atoms with E-state index in [1.165, 1.54) is 11.5 Å². The number of amides is 2. The maximum absolute atomic E-state index is 12.2. The highest BCUT2D eigenvalue weighted by Gasteiger charge is 2.14. The van der Waals surface area contributed by atoms with Crippen molar-refractivity contribution in [1.82, 2.24) is 9.27 Å². The largest absolute Gasteiger partial charge is 0.395 e. The third-order valence-corrected chi connectivity index (χ3v) is 3.95. The number of hydrogen-bond donors (Lipinski definition) is 2. The van der Waals surface area contributed by atoms with Gasteiger partial charge in [0.05, 0.1) is 12.3 Å². The number of carbonyl (C=O) groups is 1. The normalized spacial score (nSPS) is 10.5. The molecule has 0 fully saturated rings. The number of hydrogen-bond acceptors (Lipinski definition) is 4. The molecule has 2 rings (SSSR count). The molecule has 2 amide bonds. The molecule has 5 nitrogen and oxygen atoms in total. The molecular weight excluding hydrogens is 298 g/mol. The first-order chi connectivity index (χ1) is 10.7. The smallest absolute Gasteiger partial charge is 0.322 e. The molecule has 0 aliphatic rings. The van der Waals surface area contributed by atoms with E-state index < -0.39 is 0 Å². The molecule has 1 heterocycles. The van der Waals surface area contributed by atoms with E-state index >= 15 is 0 Å². The van der Waals surface area contributed by atoms with Crippen LogP contribution in [0.4, 0.5) is 9.80 Å². The molecule has 0 unspecified atom stereocenters. The molecule has 2 aromatic rings. The van der Waals surface area contributed by atoms with Gasteiger partial charge in [-0.2, -0.15) is 4.37 Å². The van der Waals surface area contributed by atoms with E-state index in [9.17, 15) is 4.79 Å². The van der Waals surface area contributed by atoms with Crippen molar-refractivity contribution in [2.75, 3.05) is 25.0 Å². The Balaban J connectivity index is 2.00. The van der Waals surface area contributed by atoms with Gasteiger partial charge < -0.3 is 10.0 Å². The van der Waals surface area contributed by atoms with Crippen LogP contribution in [0.5, 0.6) is 0 Å². The molecule has 0 saturated carbocycles. The van der Waals surface area contributed by atoms with Gasteiger partial charge in [-0.15, -0.1) is 0 Å². The Kier molecular flexibility index (Phi) is 6.36. The molecule has 0 radical (unpaired) electrons. The molecule has 2 N–H and O–H groups in total. The molecule has 1 aromatic carbocycles. The summed E-state index contributed by atoms with van der Waals surface area (Å²) < 4.78 is 4.37. The second-order valence-electron chi connectivity index (χ2n) is 4.94. The number of aliphatic hydroxyl groups excluding tert-OH is 1. The van der Waals surface area contributed by atoms with E-state index in [4.69, 9.17) is 5.11 Å². The van der Waals surface area contributed by atoms with Gasteiger partial charge in [0.25, 0.3) is 0 Å². The molecule has 0 aliphatic carbocycles. The van der Waals surface area contributed by atoms with Crippen LogP contribution in [-0.4, -0.2) is 40.1 Å². The van der Waals surface area contributed by atoms with Gasteiger partial charge in [0.15, 0.2) is 0 Å². The van der Waals surface area contributed by atoms with Crippen LogP contribution < -0.4 is 5.32 Å². The molecule has 22 heavy (non-hydrogen) atoms. The van der Waals surface area contributed by atoms with Gasteiger partial charge >= 0.3 is 6.03 Å². The van der Waals surface area contributed by atoms with Gasteiger partial charge in [0, 0.05) is 24.7 Å². The van der Waals surface area contributed by atoms with E-state index in [1.807, 2.05) is 36.4 Å². The minimum absolute atomic E-state index is 0.0326. The Morgan fingerprint density at radius 1 is 1.32 bits per heavy atom. The van der Waals surface area contributed by atoms with Crippen molar-refractivity contribution < 1.29 is 9.90 Å². The first-order valence-corrected chi connectivity index (χ1v) is 8.21. The van der Waals surface area contributed by atoms with Crippen molar-refractivity contribution >= 4 is 22.6 Å². The highest BCUT2D eigenvalue weighted by Crippen LogP contribution is 2.25. The molecule has 0 saturated heterocycles. The monoisotopic (exact) mass is 319 g/mol. The van der Waals surface area contributed by atoms with Gasteiger partial charge in [-0.25, -0.2) is 4.79 Å². The molecule has 0 atom stereocenters. The lowest BCUT2D eigenvalue weighted by Gasteiger charge is -2.21. The maximum Gasteiger partial charge on any atom is 0.322 e. The topological polar surface area (TPSA) is 65.5 Å². The van der Waals surface area contributed by atoms with Gasteiger partial charge in [-0.3, -0.25) is 5.32 Å². The Labute approximate surface area is 134 Å². The summed E-state index contributed by atoms with van der Waals surface area (Å²) in [7, 11) is 0. The Morgan fingerprint density at radius 2 is 2.09 bits per heavy atom. The number of rotatable bonds is 7. The number of aromatic nitrogens is 1. The van der Waals surface area contributed by atoms with Crippen molar-refractivity contribution in [1.29, 1.82) is 0 Å². The van der Waals surface area contributed by atoms with Crippen molar-refractivity contribution in [2.24, 2.45) is 0 Å². The number of benzene rings is 1. The minimum Gasteiger partial charge on any atom is -0.395 e. The van der Waals surface area contributed by atoms with Crippen molar-refractivity contribution in [3.8, 4) is 11.3 Å². The molecule has 0 aliphatic heterocycles. The average molecular weight is 319 g/mol. The molecule has 6 heteroatoms. The first kappa shape index (κ1) is 16.5. The van der Waals surface area contributed by atoms with E-state index in [2.05, 4.69) is 16.6 Å². The summed E-state index contributed by atoms with van der Waals surface area (Å²) in [5.74, 6) is 0. The number of anilines is 1. The van der Waals surface area contributed by atoms with Crippen LogP contribution >= 0.6 is 11.5 Å². The molecule has 1 aromatic heterocycles. The highest BCUT2D eigenvalue weighted by atomic mass is 32.1. The van der Waals surface area contributed by atoms with E-state index in [1.54, 1.807) is 4.90 Å². The molecular formula is C16H21N3O2S. The number of carbonyl (C=O) groups excluding carboxylic acids is 1. The number of aliphatic hydroxyl groups is 1. The predicted octanol–water partition coefficient (Wildman–Crippen LogP) is 3.44. The quantitative estimate of drug-likeness (QED) is 0.821. The number of unbranched alkanes of at least 4 members (excludes halogenated alkanes) is 1. The maximum atomic E-state index is 12.2. The third kappa shape index (κ3) is 4.54. The second kappa shape index (κ2) is 8.51. The number of nitrogens with zero attached hydrogens (tertiary/aromatic N) is 2. The summed E-state index contributed by atoms with van der Waals surface area (Å²) in [6.45, 7) is 3.03. The molecule has 0 bridgehead atoms. The summed E-state index contributed by atoms with van der Waals surface area (Å²) in [4.78, 5) is 13.9. The predicted molar refractivity (Wildman–Crippen MR) is 90.1 cm³/mol. The average Bonchev–Trinajstić information content (AvgIpc) is 3.00. The minimum atomic E-state index is -0.189. The fourth-order valence-corrected chi connectivity index (χ4v) is 2.70. The van der Waals surface area contributed by atoms with Gasteiger partial charge in [-0.05, 0) is 18.0 Å². The van der Waals surface area contributed by atoms with Crippen LogP contribution in [0.25, 0.3) is 11.3 Å². The lowest BCUT2D eigenvalue weighted by molar-refractivity contribution is 0.187. The zero-order chi connectivity index (χ0) is 15.8. The summed E-state index contributed by atoms with van der Waals surface area (Å²) in [5, 5.41) is 12.6. The highest BCUT2D eigenvalue weighted by molar-refractivity contribution is 7.10. The molecule has 0 spiro atoms. The Morgan fingerprint density at radius 3 is 2.77 bits per heavy atom. The summed E-state index contributed by atoms with van der Waals surface area (Å²) in [6, 6.07) is 11.5. The fraction of sp³-hybridized carbons (Fsp3) is 0.375.